The number of rotatable bonds is 8. The number of carbonyl (C=O) groups excluding carboxylic acids is 2. The van der Waals surface area contributed by atoms with E-state index in [0.717, 1.165) is 5.39 Å². The number of piperidine rings is 1. The first-order valence-electron chi connectivity index (χ1n) is 14.8. The molecule has 2 amide bonds. The lowest BCUT2D eigenvalue weighted by molar-refractivity contribution is -0.145. The largest absolute Gasteiger partial charge is 0.378 e. The number of amides is 2. The quantitative estimate of drug-likeness (QED) is 0.294. The summed E-state index contributed by atoms with van der Waals surface area (Å²) in [6.07, 6.45) is 2.19. The lowest BCUT2D eigenvalue weighted by Gasteiger charge is -2.41. The Morgan fingerprint density at radius 3 is 2.16 bits per heavy atom. The Balaban J connectivity index is 1.19. The molecular weight excluding hydrogens is 598 g/mol. The van der Waals surface area contributed by atoms with Crippen LogP contribution in [-0.4, -0.2) is 66.9 Å². The van der Waals surface area contributed by atoms with Crippen molar-refractivity contribution in [1.82, 2.24) is 14.5 Å². The van der Waals surface area contributed by atoms with Crippen molar-refractivity contribution in [3.05, 3.63) is 113 Å². The third-order valence-electron chi connectivity index (χ3n) is 8.72. The van der Waals surface area contributed by atoms with Gasteiger partial charge in [-0.25, -0.2) is 8.42 Å². The Bertz CT molecular complexity index is 1750. The molecule has 2 aliphatic rings. The SMILES string of the molecule is O=C1[C@@H](NS(=O)(=O)c2ccc3cc(Cl)ccc3c2)CCCN1CC(=O)N1CCC[C@@H]1C(O)(c1ccccc1)c1ccccc1. The highest BCUT2D eigenvalue weighted by Crippen LogP contribution is 2.40. The van der Waals surface area contributed by atoms with Gasteiger partial charge in [-0.1, -0.05) is 84.4 Å². The monoisotopic (exact) mass is 631 g/mol. The molecule has 2 saturated heterocycles. The van der Waals surface area contributed by atoms with E-state index >= 15 is 0 Å². The van der Waals surface area contributed by atoms with E-state index in [4.69, 9.17) is 11.6 Å². The van der Waals surface area contributed by atoms with Crippen LogP contribution >= 0.6 is 11.6 Å². The van der Waals surface area contributed by atoms with Crippen LogP contribution in [0.3, 0.4) is 0 Å². The molecule has 2 heterocycles. The van der Waals surface area contributed by atoms with Gasteiger partial charge in [0.1, 0.15) is 11.6 Å². The second kappa shape index (κ2) is 12.3. The average molecular weight is 632 g/mol. The van der Waals surface area contributed by atoms with Gasteiger partial charge in [0, 0.05) is 18.1 Å². The number of fused-ring (bicyclic) bond motifs is 1. The van der Waals surface area contributed by atoms with Gasteiger partial charge in [0.2, 0.25) is 21.8 Å². The molecule has 4 aromatic rings. The summed E-state index contributed by atoms with van der Waals surface area (Å²) in [5, 5.41) is 14.4. The minimum atomic E-state index is -4.01. The van der Waals surface area contributed by atoms with Gasteiger partial charge in [-0.05, 0) is 71.8 Å². The molecule has 0 unspecified atom stereocenters. The summed E-state index contributed by atoms with van der Waals surface area (Å²) in [5.41, 5.74) is -0.0587. The summed E-state index contributed by atoms with van der Waals surface area (Å²) in [6, 6.07) is 27.1. The summed E-state index contributed by atoms with van der Waals surface area (Å²) in [5.74, 6) is -0.708. The average Bonchev–Trinajstić information content (AvgIpc) is 3.54. The molecule has 44 heavy (non-hydrogen) atoms. The van der Waals surface area contributed by atoms with E-state index in [2.05, 4.69) is 4.72 Å². The van der Waals surface area contributed by atoms with Gasteiger partial charge in [-0.3, -0.25) is 9.59 Å². The number of nitrogens with one attached hydrogen (secondary N) is 1. The van der Waals surface area contributed by atoms with Crippen molar-refractivity contribution in [2.75, 3.05) is 19.6 Å². The van der Waals surface area contributed by atoms with Gasteiger partial charge in [-0.15, -0.1) is 0 Å². The fraction of sp³-hybridized carbons (Fsp3) is 0.294. The van der Waals surface area contributed by atoms with Crippen LogP contribution in [-0.2, 0) is 25.2 Å². The van der Waals surface area contributed by atoms with Crippen molar-refractivity contribution >= 4 is 44.2 Å². The van der Waals surface area contributed by atoms with Crippen molar-refractivity contribution < 1.29 is 23.1 Å². The zero-order valence-electron chi connectivity index (χ0n) is 24.1. The van der Waals surface area contributed by atoms with Crippen LogP contribution in [0.25, 0.3) is 10.8 Å². The number of carbonyl (C=O) groups is 2. The Morgan fingerprint density at radius 2 is 1.48 bits per heavy atom. The number of likely N-dealkylation sites (tertiary alicyclic amines) is 2. The molecule has 0 aliphatic carbocycles. The molecule has 6 rings (SSSR count). The maximum atomic E-state index is 13.8. The highest BCUT2D eigenvalue weighted by Gasteiger charge is 2.47. The van der Waals surface area contributed by atoms with Crippen LogP contribution in [0.5, 0.6) is 0 Å². The fourth-order valence-electron chi connectivity index (χ4n) is 6.51. The van der Waals surface area contributed by atoms with Gasteiger partial charge in [0.05, 0.1) is 17.5 Å². The number of benzene rings is 4. The molecule has 2 N–H and O–H groups in total. The lowest BCUT2D eigenvalue weighted by atomic mass is 9.79. The minimum absolute atomic E-state index is 0.0503. The lowest BCUT2D eigenvalue weighted by Crippen LogP contribution is -2.56. The second-order valence-corrected chi connectivity index (χ2v) is 13.6. The second-order valence-electron chi connectivity index (χ2n) is 11.5. The number of nitrogens with zero attached hydrogens (tertiary/aromatic N) is 2. The fourth-order valence-corrected chi connectivity index (χ4v) is 7.95. The first-order valence-corrected chi connectivity index (χ1v) is 16.7. The van der Waals surface area contributed by atoms with Crippen LogP contribution in [0.15, 0.2) is 102 Å². The van der Waals surface area contributed by atoms with Crippen LogP contribution < -0.4 is 4.72 Å². The van der Waals surface area contributed by atoms with Crippen molar-refractivity contribution in [1.29, 1.82) is 0 Å². The van der Waals surface area contributed by atoms with Crippen molar-refractivity contribution in [3.8, 4) is 0 Å². The maximum absolute atomic E-state index is 13.8. The van der Waals surface area contributed by atoms with E-state index in [1.807, 2.05) is 60.7 Å². The number of aliphatic hydroxyl groups is 1. The number of hydrogen-bond donors (Lipinski definition) is 2. The first-order chi connectivity index (χ1) is 21.2. The van der Waals surface area contributed by atoms with Crippen LogP contribution in [0, 0.1) is 0 Å². The molecule has 2 aliphatic heterocycles. The van der Waals surface area contributed by atoms with Crippen LogP contribution in [0.1, 0.15) is 36.8 Å². The maximum Gasteiger partial charge on any atom is 0.242 e. The molecule has 2 atom stereocenters. The third kappa shape index (κ3) is 5.85. The van der Waals surface area contributed by atoms with E-state index in [1.165, 1.54) is 11.0 Å². The summed E-state index contributed by atoms with van der Waals surface area (Å²) in [4.78, 5) is 30.5. The Labute approximate surface area is 262 Å². The predicted molar refractivity (Wildman–Crippen MR) is 169 cm³/mol. The molecule has 8 nitrogen and oxygen atoms in total. The van der Waals surface area contributed by atoms with E-state index in [-0.39, 0.29) is 17.3 Å². The first kappa shape index (κ1) is 30.3. The predicted octanol–water partition coefficient (Wildman–Crippen LogP) is 4.69. The standard InChI is InChI=1S/C34H34ClN3O5S/c35-28-17-15-25-22-29(18-16-24(25)21-28)44(42,43)36-30-13-7-19-37(33(30)40)23-32(39)38-20-8-14-31(38)34(41,26-9-3-1-4-10-26)27-11-5-2-6-12-27/h1-6,9-12,15-18,21-22,30-31,36,41H,7-8,13-14,19-20,23H2/t30-,31+/m0/s1. The third-order valence-corrected chi connectivity index (χ3v) is 10.4. The van der Waals surface area contributed by atoms with Crippen LogP contribution in [0.4, 0.5) is 0 Å². The molecule has 10 heteroatoms. The molecule has 0 bridgehead atoms. The van der Waals surface area contributed by atoms with Crippen molar-refractivity contribution in [2.45, 2.75) is 48.3 Å². The Hall–Kier alpha value is -3.76. The summed E-state index contributed by atoms with van der Waals surface area (Å²) in [6.45, 7) is 0.611. The molecule has 0 radical (unpaired) electrons. The van der Waals surface area contributed by atoms with E-state index < -0.39 is 33.6 Å². The normalized spacial score (nSPS) is 19.5. The van der Waals surface area contributed by atoms with E-state index in [1.54, 1.807) is 35.2 Å². The molecular formula is C34H34ClN3O5S. The molecule has 2 fully saturated rings. The zero-order valence-corrected chi connectivity index (χ0v) is 25.7. The zero-order chi connectivity index (χ0) is 30.9. The van der Waals surface area contributed by atoms with Crippen LogP contribution in [0.2, 0.25) is 5.02 Å². The highest BCUT2D eigenvalue weighted by molar-refractivity contribution is 7.89. The molecule has 4 aromatic carbocycles. The van der Waals surface area contributed by atoms with Gasteiger partial charge < -0.3 is 14.9 Å². The molecule has 228 valence electrons. The van der Waals surface area contributed by atoms with Gasteiger partial charge >= 0.3 is 0 Å². The van der Waals surface area contributed by atoms with Gasteiger partial charge in [0.25, 0.3) is 0 Å². The van der Waals surface area contributed by atoms with E-state index in [9.17, 15) is 23.1 Å². The van der Waals surface area contributed by atoms with Crippen molar-refractivity contribution in [3.63, 3.8) is 0 Å². The molecule has 0 saturated carbocycles. The number of sulfonamides is 1. The highest BCUT2D eigenvalue weighted by atomic mass is 35.5. The van der Waals surface area contributed by atoms with E-state index in [0.29, 0.717) is 60.3 Å². The smallest absolute Gasteiger partial charge is 0.242 e. The van der Waals surface area contributed by atoms with Gasteiger partial charge in [0.15, 0.2) is 0 Å². The minimum Gasteiger partial charge on any atom is -0.378 e. The molecule has 0 spiro atoms. The topological polar surface area (TPSA) is 107 Å². The summed E-state index contributed by atoms with van der Waals surface area (Å²) < 4.78 is 29.2. The Morgan fingerprint density at radius 1 is 0.864 bits per heavy atom. The number of hydrogen-bond acceptors (Lipinski definition) is 5. The molecule has 0 aromatic heterocycles. The Kier molecular flexibility index (Phi) is 8.48. The number of halogens is 1. The van der Waals surface area contributed by atoms with Crippen molar-refractivity contribution in [2.24, 2.45) is 0 Å². The summed E-state index contributed by atoms with van der Waals surface area (Å²) >= 11 is 6.06. The van der Waals surface area contributed by atoms with Gasteiger partial charge in [-0.2, -0.15) is 4.72 Å². The summed E-state index contributed by atoms with van der Waals surface area (Å²) in [7, 11) is -4.01.